The summed E-state index contributed by atoms with van der Waals surface area (Å²) in [6, 6.07) is 12.6. The Kier molecular flexibility index (Phi) is 2.60. The predicted molar refractivity (Wildman–Crippen MR) is 79.6 cm³/mol. The minimum atomic E-state index is 0.707. The molecule has 0 saturated carbocycles. The van der Waals surface area contributed by atoms with Crippen molar-refractivity contribution >= 4 is 11.1 Å². The van der Waals surface area contributed by atoms with Crippen LogP contribution in [0.5, 0.6) is 0 Å². The monoisotopic (exact) mass is 264 g/mol. The number of aromatic nitrogens is 1. The zero-order valence-electron chi connectivity index (χ0n) is 11.4. The highest BCUT2D eigenvalue weighted by Gasteiger charge is 2.13. The fraction of sp³-hybridized carbons (Fsp3) is 0.235. The van der Waals surface area contributed by atoms with Crippen LogP contribution in [-0.2, 0) is 13.0 Å². The summed E-state index contributed by atoms with van der Waals surface area (Å²) in [5.41, 5.74) is 6.82. The van der Waals surface area contributed by atoms with Gasteiger partial charge in [-0.05, 0) is 60.8 Å². The molecule has 0 radical (unpaired) electrons. The van der Waals surface area contributed by atoms with E-state index in [4.69, 9.17) is 4.42 Å². The van der Waals surface area contributed by atoms with Crippen molar-refractivity contribution in [3.05, 3.63) is 53.1 Å². The third kappa shape index (κ3) is 1.91. The van der Waals surface area contributed by atoms with E-state index in [1.807, 2.05) is 12.1 Å². The summed E-state index contributed by atoms with van der Waals surface area (Å²) in [5.74, 6) is 0.707. The third-order valence-corrected chi connectivity index (χ3v) is 3.88. The smallest absolute Gasteiger partial charge is 0.227 e. The summed E-state index contributed by atoms with van der Waals surface area (Å²) >= 11 is 0. The van der Waals surface area contributed by atoms with Gasteiger partial charge < -0.3 is 9.73 Å². The highest BCUT2D eigenvalue weighted by Crippen LogP contribution is 2.27. The molecule has 0 atom stereocenters. The summed E-state index contributed by atoms with van der Waals surface area (Å²) in [6.07, 6.45) is 1.10. The van der Waals surface area contributed by atoms with E-state index >= 15 is 0 Å². The summed E-state index contributed by atoms with van der Waals surface area (Å²) in [6.45, 7) is 4.06. The molecule has 3 aromatic rings. The van der Waals surface area contributed by atoms with E-state index in [0.717, 1.165) is 36.2 Å². The molecular weight excluding hydrogens is 248 g/mol. The van der Waals surface area contributed by atoms with E-state index in [1.165, 1.54) is 16.7 Å². The molecule has 0 fully saturated rings. The highest BCUT2D eigenvalue weighted by atomic mass is 16.3. The SMILES string of the molecule is Cc1ccc2oc(-c3ccc4c(c3)CNCC4)nc2c1. The van der Waals surface area contributed by atoms with Crippen LogP contribution in [0.25, 0.3) is 22.6 Å². The number of nitrogens with zero attached hydrogens (tertiary/aromatic N) is 1. The molecule has 1 N–H and O–H groups in total. The van der Waals surface area contributed by atoms with Crippen LogP contribution >= 0.6 is 0 Å². The minimum absolute atomic E-state index is 0.707. The Morgan fingerprint density at radius 3 is 3.00 bits per heavy atom. The van der Waals surface area contributed by atoms with Gasteiger partial charge in [0.05, 0.1) is 0 Å². The Labute approximate surface area is 117 Å². The van der Waals surface area contributed by atoms with Gasteiger partial charge in [0.2, 0.25) is 5.89 Å². The Balaban J connectivity index is 1.82. The van der Waals surface area contributed by atoms with Gasteiger partial charge in [0.1, 0.15) is 5.52 Å². The number of hydrogen-bond acceptors (Lipinski definition) is 3. The van der Waals surface area contributed by atoms with Gasteiger partial charge in [-0.2, -0.15) is 0 Å². The zero-order valence-corrected chi connectivity index (χ0v) is 11.4. The number of aryl methyl sites for hydroxylation is 1. The Morgan fingerprint density at radius 1 is 1.10 bits per heavy atom. The topological polar surface area (TPSA) is 38.1 Å². The van der Waals surface area contributed by atoms with Gasteiger partial charge in [-0.1, -0.05) is 12.1 Å². The molecule has 1 aliphatic heterocycles. The molecule has 20 heavy (non-hydrogen) atoms. The number of rotatable bonds is 1. The minimum Gasteiger partial charge on any atom is -0.436 e. The standard InChI is InChI=1S/C17H16N2O/c1-11-2-5-16-15(8-11)19-17(20-16)13-4-3-12-6-7-18-10-14(12)9-13/h2-5,8-9,18H,6-7,10H2,1H3. The van der Waals surface area contributed by atoms with Gasteiger partial charge in [-0.15, -0.1) is 0 Å². The number of benzene rings is 2. The first kappa shape index (κ1) is 11.7. The average Bonchev–Trinajstić information content (AvgIpc) is 2.89. The second-order valence-corrected chi connectivity index (χ2v) is 5.40. The number of nitrogens with one attached hydrogen (secondary N) is 1. The van der Waals surface area contributed by atoms with Gasteiger partial charge in [-0.3, -0.25) is 0 Å². The van der Waals surface area contributed by atoms with Gasteiger partial charge in [0.15, 0.2) is 5.58 Å². The van der Waals surface area contributed by atoms with Crippen LogP contribution in [0.1, 0.15) is 16.7 Å². The first-order chi connectivity index (χ1) is 9.79. The van der Waals surface area contributed by atoms with E-state index in [9.17, 15) is 0 Å². The Morgan fingerprint density at radius 2 is 2.05 bits per heavy atom. The van der Waals surface area contributed by atoms with Crippen molar-refractivity contribution in [2.45, 2.75) is 19.9 Å². The van der Waals surface area contributed by atoms with E-state index in [2.05, 4.69) is 41.5 Å². The van der Waals surface area contributed by atoms with E-state index in [1.54, 1.807) is 0 Å². The van der Waals surface area contributed by atoms with Crippen LogP contribution in [0.15, 0.2) is 40.8 Å². The van der Waals surface area contributed by atoms with Gasteiger partial charge in [0.25, 0.3) is 0 Å². The second kappa shape index (κ2) is 4.46. The quantitative estimate of drug-likeness (QED) is 0.731. The van der Waals surface area contributed by atoms with Gasteiger partial charge >= 0.3 is 0 Å². The van der Waals surface area contributed by atoms with Crippen molar-refractivity contribution in [2.24, 2.45) is 0 Å². The maximum Gasteiger partial charge on any atom is 0.227 e. The van der Waals surface area contributed by atoms with Crippen molar-refractivity contribution < 1.29 is 4.42 Å². The lowest BCUT2D eigenvalue weighted by atomic mass is 9.98. The molecule has 0 amide bonds. The van der Waals surface area contributed by atoms with Crippen LogP contribution in [0.2, 0.25) is 0 Å². The maximum absolute atomic E-state index is 5.87. The highest BCUT2D eigenvalue weighted by molar-refractivity contribution is 5.77. The van der Waals surface area contributed by atoms with Crippen LogP contribution < -0.4 is 5.32 Å². The Hall–Kier alpha value is -2.13. The lowest BCUT2D eigenvalue weighted by Gasteiger charge is -2.17. The molecule has 0 aliphatic carbocycles. The van der Waals surface area contributed by atoms with Crippen molar-refractivity contribution in [3.63, 3.8) is 0 Å². The van der Waals surface area contributed by atoms with Crippen molar-refractivity contribution in [3.8, 4) is 11.5 Å². The van der Waals surface area contributed by atoms with E-state index in [-0.39, 0.29) is 0 Å². The largest absolute Gasteiger partial charge is 0.436 e. The third-order valence-electron chi connectivity index (χ3n) is 3.88. The number of fused-ring (bicyclic) bond motifs is 2. The number of oxazole rings is 1. The first-order valence-corrected chi connectivity index (χ1v) is 7.00. The molecule has 2 heterocycles. The zero-order chi connectivity index (χ0) is 13.5. The van der Waals surface area contributed by atoms with Crippen molar-refractivity contribution in [1.29, 1.82) is 0 Å². The molecule has 1 aliphatic rings. The lowest BCUT2D eigenvalue weighted by Crippen LogP contribution is -2.23. The molecule has 4 rings (SSSR count). The average molecular weight is 264 g/mol. The summed E-state index contributed by atoms with van der Waals surface area (Å²) < 4.78 is 5.87. The second-order valence-electron chi connectivity index (χ2n) is 5.40. The molecule has 3 nitrogen and oxygen atoms in total. The molecule has 3 heteroatoms. The fourth-order valence-electron chi connectivity index (χ4n) is 2.77. The molecule has 0 unspecified atom stereocenters. The molecule has 2 aromatic carbocycles. The maximum atomic E-state index is 5.87. The van der Waals surface area contributed by atoms with Crippen LogP contribution in [-0.4, -0.2) is 11.5 Å². The fourth-order valence-corrected chi connectivity index (χ4v) is 2.77. The van der Waals surface area contributed by atoms with E-state index < -0.39 is 0 Å². The molecule has 0 bridgehead atoms. The Bertz CT molecular complexity index is 789. The molecule has 0 saturated heterocycles. The van der Waals surface area contributed by atoms with Crippen LogP contribution in [0.3, 0.4) is 0 Å². The molecule has 1 aromatic heterocycles. The normalized spacial score (nSPS) is 14.4. The van der Waals surface area contributed by atoms with Crippen LogP contribution in [0, 0.1) is 6.92 Å². The number of hydrogen-bond donors (Lipinski definition) is 1. The lowest BCUT2D eigenvalue weighted by molar-refractivity contribution is 0.617. The first-order valence-electron chi connectivity index (χ1n) is 7.00. The summed E-state index contributed by atoms with van der Waals surface area (Å²) in [7, 11) is 0. The summed E-state index contributed by atoms with van der Waals surface area (Å²) in [4.78, 5) is 4.61. The molecular formula is C17H16N2O. The van der Waals surface area contributed by atoms with Gasteiger partial charge in [-0.25, -0.2) is 4.98 Å². The summed E-state index contributed by atoms with van der Waals surface area (Å²) in [5, 5.41) is 3.40. The molecule has 100 valence electrons. The van der Waals surface area contributed by atoms with Crippen LogP contribution in [0.4, 0.5) is 0 Å². The van der Waals surface area contributed by atoms with E-state index in [0.29, 0.717) is 5.89 Å². The van der Waals surface area contributed by atoms with Crippen molar-refractivity contribution in [1.82, 2.24) is 10.3 Å². The predicted octanol–water partition coefficient (Wildman–Crippen LogP) is 3.45. The van der Waals surface area contributed by atoms with Crippen molar-refractivity contribution in [2.75, 3.05) is 6.54 Å². The molecule has 0 spiro atoms. The van der Waals surface area contributed by atoms with Gasteiger partial charge in [0, 0.05) is 12.1 Å².